The Balaban J connectivity index is 3.38. The summed E-state index contributed by atoms with van der Waals surface area (Å²) in [7, 11) is 2.31. The molecule has 1 aromatic heterocycles. The third-order valence-electron chi connectivity index (χ3n) is 2.45. The molecule has 0 atom stereocenters. The number of allylic oxidation sites excluding steroid dienone is 2. The number of nitrogens with zero attached hydrogens (tertiary/aromatic N) is 3. The maximum Gasteiger partial charge on any atom is 0.424 e. The zero-order valence-electron chi connectivity index (χ0n) is 12.0. The molecule has 0 saturated carbocycles. The molecule has 1 aromatic rings. The fourth-order valence-corrected chi connectivity index (χ4v) is 1.45. The molecule has 0 N–H and O–H groups in total. The van der Waals surface area contributed by atoms with Gasteiger partial charge in [0.15, 0.2) is 5.57 Å². The Bertz CT molecular complexity index is 624. The van der Waals surface area contributed by atoms with Crippen LogP contribution in [0.15, 0.2) is 41.2 Å². The molecule has 22 heavy (non-hydrogen) atoms. The Kier molecular flexibility index (Phi) is 5.61. The van der Waals surface area contributed by atoms with Gasteiger partial charge in [-0.25, -0.2) is 19.4 Å². The summed E-state index contributed by atoms with van der Waals surface area (Å²) in [4.78, 5) is 11.2. The minimum absolute atomic E-state index is 0.0561. The van der Waals surface area contributed by atoms with E-state index < -0.39 is 23.5 Å². The lowest BCUT2D eigenvalue weighted by Gasteiger charge is -2.13. The Morgan fingerprint density at radius 3 is 2.36 bits per heavy atom. The van der Waals surface area contributed by atoms with Crippen LogP contribution in [0.5, 0.6) is 5.88 Å². The van der Waals surface area contributed by atoms with Crippen LogP contribution in [0.3, 0.4) is 0 Å². The summed E-state index contributed by atoms with van der Waals surface area (Å²) in [6, 6.07) is 1.36. The van der Waals surface area contributed by atoms with Crippen LogP contribution in [0.25, 0.3) is 0 Å². The highest BCUT2D eigenvalue weighted by molar-refractivity contribution is 5.97. The zero-order chi connectivity index (χ0) is 16.9. The van der Waals surface area contributed by atoms with Gasteiger partial charge >= 0.3 is 6.18 Å². The molecule has 0 spiro atoms. The Morgan fingerprint density at radius 1 is 1.27 bits per heavy atom. The SMILES string of the molecule is C=C(F)/C(=C(\N=C(/C)c1cc(OC)ncn1)OC)C(F)(F)F. The molecule has 0 aliphatic rings. The van der Waals surface area contributed by atoms with E-state index in [1.54, 1.807) is 0 Å². The van der Waals surface area contributed by atoms with Crippen LogP contribution in [-0.2, 0) is 4.74 Å². The molecule has 9 heteroatoms. The number of hydrogen-bond donors (Lipinski definition) is 0. The number of ether oxygens (including phenoxy) is 2. The highest BCUT2D eigenvalue weighted by Crippen LogP contribution is 2.34. The van der Waals surface area contributed by atoms with Gasteiger partial charge in [0.2, 0.25) is 11.8 Å². The van der Waals surface area contributed by atoms with Gasteiger partial charge in [0, 0.05) is 6.07 Å². The molecular formula is C13H13F4N3O2. The van der Waals surface area contributed by atoms with Crippen LogP contribution < -0.4 is 4.74 Å². The van der Waals surface area contributed by atoms with Crippen molar-refractivity contribution in [3.63, 3.8) is 0 Å². The summed E-state index contributed by atoms with van der Waals surface area (Å²) >= 11 is 0. The van der Waals surface area contributed by atoms with Gasteiger partial charge in [-0.3, -0.25) is 0 Å². The molecule has 0 bridgehead atoms. The van der Waals surface area contributed by atoms with E-state index in [-0.39, 0.29) is 17.3 Å². The van der Waals surface area contributed by atoms with E-state index in [1.165, 1.54) is 20.1 Å². The molecule has 0 amide bonds. The van der Waals surface area contributed by atoms with E-state index in [9.17, 15) is 17.6 Å². The van der Waals surface area contributed by atoms with Crippen molar-refractivity contribution >= 4 is 5.71 Å². The minimum atomic E-state index is -5.00. The van der Waals surface area contributed by atoms with Crippen LogP contribution in [0.1, 0.15) is 12.6 Å². The smallest absolute Gasteiger partial charge is 0.424 e. The van der Waals surface area contributed by atoms with Crippen LogP contribution >= 0.6 is 0 Å². The number of halogens is 4. The van der Waals surface area contributed by atoms with Crippen molar-refractivity contribution in [2.24, 2.45) is 4.99 Å². The molecule has 1 heterocycles. The first-order chi connectivity index (χ1) is 10.2. The fraction of sp³-hybridized carbons (Fsp3) is 0.308. The van der Waals surface area contributed by atoms with Crippen LogP contribution in [0, 0.1) is 0 Å². The van der Waals surface area contributed by atoms with E-state index in [0.717, 1.165) is 13.4 Å². The molecule has 0 aliphatic heterocycles. The van der Waals surface area contributed by atoms with E-state index in [2.05, 4.69) is 26.3 Å². The number of hydrogen-bond acceptors (Lipinski definition) is 5. The number of aliphatic imine (C=N–C) groups is 1. The Morgan fingerprint density at radius 2 is 1.91 bits per heavy atom. The summed E-state index contributed by atoms with van der Waals surface area (Å²) < 4.78 is 61.0. The molecule has 0 saturated heterocycles. The van der Waals surface area contributed by atoms with Gasteiger partial charge in [0.05, 0.1) is 25.6 Å². The summed E-state index contributed by atoms with van der Waals surface area (Å²) in [6.07, 6.45) is -3.84. The predicted octanol–water partition coefficient (Wildman–Crippen LogP) is 3.20. The largest absolute Gasteiger partial charge is 0.481 e. The highest BCUT2D eigenvalue weighted by atomic mass is 19.4. The molecule has 5 nitrogen and oxygen atoms in total. The van der Waals surface area contributed by atoms with Crippen molar-refractivity contribution in [2.45, 2.75) is 13.1 Å². The topological polar surface area (TPSA) is 56.6 Å². The summed E-state index contributed by atoms with van der Waals surface area (Å²) in [6.45, 7) is 4.04. The maximum atomic E-state index is 13.1. The number of rotatable bonds is 5. The average molecular weight is 319 g/mol. The Hall–Kier alpha value is -2.45. The summed E-state index contributed by atoms with van der Waals surface area (Å²) in [5.41, 5.74) is -1.43. The quantitative estimate of drug-likeness (QED) is 0.362. The lowest BCUT2D eigenvalue weighted by molar-refractivity contribution is -0.0943. The summed E-state index contributed by atoms with van der Waals surface area (Å²) in [5.74, 6) is -2.44. The highest BCUT2D eigenvalue weighted by Gasteiger charge is 2.40. The minimum Gasteiger partial charge on any atom is -0.481 e. The number of aromatic nitrogens is 2. The molecule has 0 aromatic carbocycles. The molecular weight excluding hydrogens is 306 g/mol. The number of methoxy groups -OCH3 is 2. The first-order valence-electron chi connectivity index (χ1n) is 5.82. The van der Waals surface area contributed by atoms with E-state index in [1.807, 2.05) is 0 Å². The lowest BCUT2D eigenvalue weighted by Crippen LogP contribution is -2.16. The van der Waals surface area contributed by atoms with Gasteiger partial charge in [-0.1, -0.05) is 6.58 Å². The third kappa shape index (κ3) is 4.27. The average Bonchev–Trinajstić information content (AvgIpc) is 2.44. The first-order valence-corrected chi connectivity index (χ1v) is 5.82. The first kappa shape index (κ1) is 17.6. The predicted molar refractivity (Wildman–Crippen MR) is 71.1 cm³/mol. The maximum absolute atomic E-state index is 13.1. The van der Waals surface area contributed by atoms with Gasteiger partial charge in [0.1, 0.15) is 12.2 Å². The monoisotopic (exact) mass is 319 g/mol. The van der Waals surface area contributed by atoms with E-state index in [4.69, 9.17) is 4.74 Å². The molecule has 0 fully saturated rings. The molecule has 0 unspecified atom stereocenters. The second kappa shape index (κ2) is 7.01. The van der Waals surface area contributed by atoms with Gasteiger partial charge in [-0.05, 0) is 6.92 Å². The van der Waals surface area contributed by atoms with Gasteiger partial charge in [-0.2, -0.15) is 13.2 Å². The van der Waals surface area contributed by atoms with Crippen molar-refractivity contribution in [2.75, 3.05) is 14.2 Å². The third-order valence-corrected chi connectivity index (χ3v) is 2.45. The molecule has 120 valence electrons. The van der Waals surface area contributed by atoms with Crippen LogP contribution in [0.4, 0.5) is 17.6 Å². The van der Waals surface area contributed by atoms with Crippen LogP contribution in [0.2, 0.25) is 0 Å². The van der Waals surface area contributed by atoms with Crippen molar-refractivity contribution in [1.29, 1.82) is 0 Å². The van der Waals surface area contributed by atoms with Crippen molar-refractivity contribution in [3.05, 3.63) is 41.9 Å². The normalized spacial score (nSPS) is 13.5. The van der Waals surface area contributed by atoms with Gasteiger partial charge < -0.3 is 9.47 Å². The Labute approximate surface area is 124 Å². The molecule has 0 aliphatic carbocycles. The van der Waals surface area contributed by atoms with E-state index in [0.29, 0.717) is 0 Å². The van der Waals surface area contributed by atoms with Crippen molar-refractivity contribution < 1.29 is 27.0 Å². The molecule has 0 radical (unpaired) electrons. The fourth-order valence-electron chi connectivity index (χ4n) is 1.45. The van der Waals surface area contributed by atoms with Crippen molar-refractivity contribution in [3.8, 4) is 5.88 Å². The summed E-state index contributed by atoms with van der Waals surface area (Å²) in [5, 5.41) is 0. The zero-order valence-corrected chi connectivity index (χ0v) is 12.0. The lowest BCUT2D eigenvalue weighted by atomic mass is 10.2. The second-order valence-electron chi connectivity index (χ2n) is 3.93. The van der Waals surface area contributed by atoms with Crippen LogP contribution in [-0.4, -0.2) is 36.1 Å². The number of alkyl halides is 3. The van der Waals surface area contributed by atoms with Gasteiger partial charge in [-0.15, -0.1) is 0 Å². The molecule has 1 rings (SSSR count). The standard InChI is InChI=1S/C13H13F4N3O2/c1-7(14)11(13(15,16)17)12(22-4)20-8(2)9-5-10(21-3)19-6-18-9/h5-6H,1H2,2-4H3/b12-11-,20-8+. The second-order valence-corrected chi connectivity index (χ2v) is 3.93. The van der Waals surface area contributed by atoms with E-state index >= 15 is 0 Å². The van der Waals surface area contributed by atoms with Crippen molar-refractivity contribution in [1.82, 2.24) is 9.97 Å². The van der Waals surface area contributed by atoms with Gasteiger partial charge in [0.25, 0.3) is 0 Å².